The monoisotopic (exact) mass is 287 g/mol. The van der Waals surface area contributed by atoms with Crippen LogP contribution in [0.4, 0.5) is 5.69 Å². The van der Waals surface area contributed by atoms with E-state index >= 15 is 0 Å². The van der Waals surface area contributed by atoms with Crippen molar-refractivity contribution in [3.63, 3.8) is 0 Å². The summed E-state index contributed by atoms with van der Waals surface area (Å²) in [5.74, 6) is -1.32. The molecule has 0 spiro atoms. The second-order valence-corrected chi connectivity index (χ2v) is 4.22. The van der Waals surface area contributed by atoms with Gasteiger partial charge in [-0.1, -0.05) is 6.07 Å². The van der Waals surface area contributed by atoms with Gasteiger partial charge in [0.15, 0.2) is 0 Å². The number of phenolic OH excluding ortho intramolecular Hbond substituents is 1. The highest BCUT2D eigenvalue weighted by Crippen LogP contribution is 2.25. The van der Waals surface area contributed by atoms with E-state index in [1.807, 2.05) is 0 Å². The summed E-state index contributed by atoms with van der Waals surface area (Å²) >= 11 is 0. The minimum absolute atomic E-state index is 0.0303. The van der Waals surface area contributed by atoms with Gasteiger partial charge in [-0.25, -0.2) is 4.79 Å². The number of anilines is 1. The SMILES string of the molecule is COc1cccc(C(=O)Nc2cc(C(=O)O)ccc2O)c1. The predicted molar refractivity (Wildman–Crippen MR) is 76.0 cm³/mol. The minimum atomic E-state index is -1.15. The van der Waals surface area contributed by atoms with Crippen LogP contribution < -0.4 is 10.1 Å². The van der Waals surface area contributed by atoms with Crippen LogP contribution in [0.2, 0.25) is 0 Å². The van der Waals surface area contributed by atoms with Crippen molar-refractivity contribution in [1.82, 2.24) is 0 Å². The number of carboxylic acid groups (broad SMARTS) is 1. The first kappa shape index (κ1) is 14.4. The summed E-state index contributed by atoms with van der Waals surface area (Å²) in [6.07, 6.45) is 0. The van der Waals surface area contributed by atoms with Crippen molar-refractivity contribution in [1.29, 1.82) is 0 Å². The van der Waals surface area contributed by atoms with Crippen molar-refractivity contribution in [2.45, 2.75) is 0 Å². The summed E-state index contributed by atoms with van der Waals surface area (Å²) in [5, 5.41) is 21.1. The number of carbonyl (C=O) groups excluding carboxylic acids is 1. The van der Waals surface area contributed by atoms with E-state index in [4.69, 9.17) is 9.84 Å². The molecule has 0 aliphatic heterocycles. The van der Waals surface area contributed by atoms with Crippen LogP contribution in [0.25, 0.3) is 0 Å². The van der Waals surface area contributed by atoms with Crippen LogP contribution in [0.1, 0.15) is 20.7 Å². The van der Waals surface area contributed by atoms with Gasteiger partial charge in [0.2, 0.25) is 0 Å². The number of carboxylic acids is 1. The van der Waals surface area contributed by atoms with E-state index in [0.717, 1.165) is 0 Å². The number of hydrogen-bond donors (Lipinski definition) is 3. The normalized spacial score (nSPS) is 9.95. The Morgan fingerprint density at radius 1 is 1.10 bits per heavy atom. The van der Waals surface area contributed by atoms with Crippen LogP contribution >= 0.6 is 0 Å². The van der Waals surface area contributed by atoms with Crippen LogP contribution in [0, 0.1) is 0 Å². The number of aromatic hydroxyl groups is 1. The molecule has 0 aliphatic carbocycles. The van der Waals surface area contributed by atoms with E-state index in [2.05, 4.69) is 5.32 Å². The smallest absolute Gasteiger partial charge is 0.335 e. The van der Waals surface area contributed by atoms with Crippen molar-refractivity contribution in [3.8, 4) is 11.5 Å². The third-order valence-electron chi connectivity index (χ3n) is 2.82. The molecule has 0 saturated carbocycles. The molecule has 0 fully saturated rings. The molecule has 0 unspecified atom stereocenters. The Balaban J connectivity index is 2.26. The molecule has 2 aromatic rings. The zero-order valence-corrected chi connectivity index (χ0v) is 11.2. The summed E-state index contributed by atoms with van der Waals surface area (Å²) in [5.41, 5.74) is 0.325. The molecular weight excluding hydrogens is 274 g/mol. The molecule has 0 atom stereocenters. The van der Waals surface area contributed by atoms with Gasteiger partial charge >= 0.3 is 5.97 Å². The lowest BCUT2D eigenvalue weighted by Crippen LogP contribution is -2.12. The van der Waals surface area contributed by atoms with E-state index in [1.54, 1.807) is 18.2 Å². The first-order chi connectivity index (χ1) is 10.0. The van der Waals surface area contributed by atoms with Gasteiger partial charge in [0, 0.05) is 5.56 Å². The van der Waals surface area contributed by atoms with Crippen molar-refractivity contribution in [2.24, 2.45) is 0 Å². The maximum atomic E-state index is 12.1. The van der Waals surface area contributed by atoms with E-state index in [-0.39, 0.29) is 17.0 Å². The Kier molecular flexibility index (Phi) is 4.08. The highest BCUT2D eigenvalue weighted by atomic mass is 16.5. The molecular formula is C15H13NO5. The molecule has 6 nitrogen and oxygen atoms in total. The number of phenols is 1. The molecule has 0 heterocycles. The number of ether oxygens (including phenoxy) is 1. The molecule has 2 rings (SSSR count). The van der Waals surface area contributed by atoms with E-state index in [9.17, 15) is 14.7 Å². The predicted octanol–water partition coefficient (Wildman–Crippen LogP) is 2.35. The highest BCUT2D eigenvalue weighted by molar-refractivity contribution is 6.05. The zero-order valence-electron chi connectivity index (χ0n) is 11.2. The van der Waals surface area contributed by atoms with Gasteiger partial charge in [-0.15, -0.1) is 0 Å². The topological polar surface area (TPSA) is 95.9 Å². The molecule has 1 amide bonds. The maximum absolute atomic E-state index is 12.1. The molecule has 0 bridgehead atoms. The molecule has 108 valence electrons. The van der Waals surface area contributed by atoms with E-state index in [0.29, 0.717) is 11.3 Å². The van der Waals surface area contributed by atoms with E-state index in [1.165, 1.54) is 31.4 Å². The lowest BCUT2D eigenvalue weighted by Gasteiger charge is -2.09. The number of rotatable bonds is 4. The average Bonchev–Trinajstić information content (AvgIpc) is 2.49. The number of aromatic carboxylic acids is 1. The van der Waals surface area contributed by atoms with Gasteiger partial charge in [0.25, 0.3) is 5.91 Å². The third-order valence-corrected chi connectivity index (χ3v) is 2.82. The number of hydrogen-bond acceptors (Lipinski definition) is 4. The quantitative estimate of drug-likeness (QED) is 0.750. The Morgan fingerprint density at radius 3 is 2.52 bits per heavy atom. The molecule has 3 N–H and O–H groups in total. The van der Waals surface area contributed by atoms with Gasteiger partial charge in [-0.05, 0) is 36.4 Å². The fourth-order valence-corrected chi connectivity index (χ4v) is 1.73. The summed E-state index contributed by atoms with van der Waals surface area (Å²) in [6, 6.07) is 10.1. The van der Waals surface area contributed by atoms with Crippen molar-refractivity contribution < 1.29 is 24.5 Å². The van der Waals surface area contributed by atoms with Crippen LogP contribution in [0.5, 0.6) is 11.5 Å². The summed E-state index contributed by atoms with van der Waals surface area (Å²) in [6.45, 7) is 0. The fraction of sp³-hybridized carbons (Fsp3) is 0.0667. The minimum Gasteiger partial charge on any atom is -0.506 e. The van der Waals surface area contributed by atoms with Gasteiger partial charge in [0.05, 0.1) is 18.4 Å². The molecule has 2 aromatic carbocycles. The zero-order chi connectivity index (χ0) is 15.4. The van der Waals surface area contributed by atoms with Gasteiger partial charge < -0.3 is 20.3 Å². The summed E-state index contributed by atoms with van der Waals surface area (Å²) in [7, 11) is 1.49. The van der Waals surface area contributed by atoms with Gasteiger partial charge in [-0.2, -0.15) is 0 Å². The number of carbonyl (C=O) groups is 2. The standard InChI is InChI=1S/C15H13NO5/c1-21-11-4-2-3-9(7-11)14(18)16-12-8-10(15(19)20)5-6-13(12)17/h2-8,17H,1H3,(H,16,18)(H,19,20). The molecule has 0 saturated heterocycles. The Labute approximate surface area is 120 Å². The van der Waals surface area contributed by atoms with Crippen molar-refractivity contribution in [3.05, 3.63) is 53.6 Å². The molecule has 0 aromatic heterocycles. The third kappa shape index (κ3) is 3.30. The number of benzene rings is 2. The second kappa shape index (κ2) is 5.96. The summed E-state index contributed by atoms with van der Waals surface area (Å²) in [4.78, 5) is 23.0. The lowest BCUT2D eigenvalue weighted by molar-refractivity contribution is 0.0696. The fourth-order valence-electron chi connectivity index (χ4n) is 1.73. The Morgan fingerprint density at radius 2 is 1.86 bits per heavy atom. The Bertz CT molecular complexity index is 696. The number of nitrogens with one attached hydrogen (secondary N) is 1. The lowest BCUT2D eigenvalue weighted by atomic mass is 10.1. The largest absolute Gasteiger partial charge is 0.506 e. The van der Waals surface area contributed by atoms with Crippen LogP contribution in [-0.2, 0) is 0 Å². The van der Waals surface area contributed by atoms with E-state index < -0.39 is 11.9 Å². The van der Waals surface area contributed by atoms with Crippen LogP contribution in [0.3, 0.4) is 0 Å². The van der Waals surface area contributed by atoms with Crippen molar-refractivity contribution >= 4 is 17.6 Å². The molecule has 6 heteroatoms. The van der Waals surface area contributed by atoms with Gasteiger partial charge in [-0.3, -0.25) is 4.79 Å². The molecule has 21 heavy (non-hydrogen) atoms. The summed E-state index contributed by atoms with van der Waals surface area (Å²) < 4.78 is 5.02. The molecule has 0 radical (unpaired) electrons. The number of methoxy groups -OCH3 is 1. The van der Waals surface area contributed by atoms with Crippen LogP contribution in [0.15, 0.2) is 42.5 Å². The first-order valence-corrected chi connectivity index (χ1v) is 6.03. The van der Waals surface area contributed by atoms with Gasteiger partial charge in [0.1, 0.15) is 11.5 Å². The maximum Gasteiger partial charge on any atom is 0.335 e. The van der Waals surface area contributed by atoms with Crippen molar-refractivity contribution in [2.75, 3.05) is 12.4 Å². The highest BCUT2D eigenvalue weighted by Gasteiger charge is 2.12. The Hall–Kier alpha value is -3.02. The average molecular weight is 287 g/mol. The second-order valence-electron chi connectivity index (χ2n) is 4.22. The molecule has 0 aliphatic rings. The number of amides is 1. The van der Waals surface area contributed by atoms with Crippen LogP contribution in [-0.4, -0.2) is 29.2 Å². The first-order valence-electron chi connectivity index (χ1n) is 6.03.